The molecule has 2 N–H and O–H groups in total. The summed E-state index contributed by atoms with van der Waals surface area (Å²) in [6.45, 7) is 1.23. The number of aliphatic hydroxyl groups excluding tert-OH is 1. The molecule has 0 aromatic heterocycles. The number of amides is 1. The van der Waals surface area contributed by atoms with Crippen molar-refractivity contribution in [2.45, 2.75) is 18.0 Å². The van der Waals surface area contributed by atoms with E-state index in [0.29, 0.717) is 6.54 Å². The summed E-state index contributed by atoms with van der Waals surface area (Å²) in [5.74, 6) is 0.332. The molecule has 1 aromatic carbocycles. The molecule has 2 aliphatic rings. The first-order valence-corrected chi connectivity index (χ1v) is 6.90. The number of nitrogens with one attached hydrogen (secondary N) is 1. The van der Waals surface area contributed by atoms with Crippen LogP contribution in [0.3, 0.4) is 0 Å². The molecule has 0 unspecified atom stereocenters. The van der Waals surface area contributed by atoms with E-state index >= 15 is 0 Å². The van der Waals surface area contributed by atoms with E-state index in [1.165, 1.54) is 5.56 Å². The van der Waals surface area contributed by atoms with Gasteiger partial charge in [-0.05, 0) is 17.7 Å². The number of hydrogen-bond acceptors (Lipinski definition) is 3. The fraction of sp³-hybridized carbons (Fsp3) is 0.462. The molecule has 3 rings (SSSR count). The zero-order chi connectivity index (χ0) is 12.7. The average molecular weight is 311 g/mol. The van der Waals surface area contributed by atoms with Gasteiger partial charge in [0.15, 0.2) is 0 Å². The maximum atomic E-state index is 11.8. The van der Waals surface area contributed by atoms with Gasteiger partial charge in [0.25, 0.3) is 0 Å². The molecular formula is C13H15BrN2O2. The predicted molar refractivity (Wildman–Crippen MR) is 71.3 cm³/mol. The van der Waals surface area contributed by atoms with Crippen LogP contribution >= 0.6 is 15.9 Å². The van der Waals surface area contributed by atoms with E-state index in [-0.39, 0.29) is 30.5 Å². The Morgan fingerprint density at radius 3 is 2.78 bits per heavy atom. The highest BCUT2D eigenvalue weighted by atomic mass is 79.9. The molecule has 2 aliphatic heterocycles. The molecule has 18 heavy (non-hydrogen) atoms. The quantitative estimate of drug-likeness (QED) is 0.846. The van der Waals surface area contributed by atoms with Crippen molar-refractivity contribution in [1.29, 1.82) is 0 Å². The van der Waals surface area contributed by atoms with Crippen molar-refractivity contribution in [3.8, 4) is 0 Å². The molecule has 2 heterocycles. The fourth-order valence-corrected chi connectivity index (χ4v) is 3.36. The van der Waals surface area contributed by atoms with Crippen molar-refractivity contribution in [1.82, 2.24) is 10.2 Å². The van der Waals surface area contributed by atoms with Crippen LogP contribution in [0.5, 0.6) is 0 Å². The number of carbonyl (C=O) groups is 1. The maximum Gasteiger partial charge on any atom is 0.237 e. The highest BCUT2D eigenvalue weighted by Crippen LogP contribution is 2.41. The molecule has 0 spiro atoms. The lowest BCUT2D eigenvalue weighted by Crippen LogP contribution is -2.72. The predicted octanol–water partition coefficient (Wildman–Crippen LogP) is 0.708. The SMILES string of the molecule is O=C1CNC[C@H]2[C@@H](c3ccc(Br)cc3)[C@H](CO)N12. The summed E-state index contributed by atoms with van der Waals surface area (Å²) < 4.78 is 1.04. The van der Waals surface area contributed by atoms with Gasteiger partial charge in [-0.15, -0.1) is 0 Å². The number of hydrogen-bond donors (Lipinski definition) is 2. The summed E-state index contributed by atoms with van der Waals surface area (Å²) in [6.07, 6.45) is 0. The Labute approximate surface area is 114 Å². The molecule has 3 atom stereocenters. The fourth-order valence-electron chi connectivity index (χ4n) is 3.09. The molecular weight excluding hydrogens is 296 g/mol. The van der Waals surface area contributed by atoms with E-state index in [2.05, 4.69) is 33.4 Å². The largest absolute Gasteiger partial charge is 0.394 e. The third-order valence-electron chi connectivity index (χ3n) is 3.90. The number of halogens is 1. The van der Waals surface area contributed by atoms with Gasteiger partial charge in [0, 0.05) is 16.9 Å². The molecule has 2 saturated heterocycles. The lowest BCUT2D eigenvalue weighted by Gasteiger charge is -2.57. The van der Waals surface area contributed by atoms with E-state index < -0.39 is 0 Å². The van der Waals surface area contributed by atoms with Gasteiger partial charge in [0.2, 0.25) is 5.91 Å². The Morgan fingerprint density at radius 2 is 2.11 bits per heavy atom. The Balaban J connectivity index is 1.88. The van der Waals surface area contributed by atoms with Crippen LogP contribution in [0.2, 0.25) is 0 Å². The smallest absolute Gasteiger partial charge is 0.237 e. The molecule has 0 saturated carbocycles. The van der Waals surface area contributed by atoms with Crippen LogP contribution in [-0.4, -0.2) is 47.7 Å². The van der Waals surface area contributed by atoms with Gasteiger partial charge in [0.1, 0.15) is 0 Å². The number of aliphatic hydroxyl groups is 1. The second kappa shape index (κ2) is 4.64. The van der Waals surface area contributed by atoms with E-state index in [4.69, 9.17) is 0 Å². The minimum absolute atomic E-state index is 0.0307. The van der Waals surface area contributed by atoms with Gasteiger partial charge < -0.3 is 15.3 Å². The molecule has 0 radical (unpaired) electrons. The summed E-state index contributed by atoms with van der Waals surface area (Å²) >= 11 is 3.42. The number of nitrogens with zero attached hydrogens (tertiary/aromatic N) is 1. The van der Waals surface area contributed by atoms with Gasteiger partial charge in [0.05, 0.1) is 25.2 Å². The van der Waals surface area contributed by atoms with Gasteiger partial charge in [-0.1, -0.05) is 28.1 Å². The second-order valence-corrected chi connectivity index (χ2v) is 5.74. The van der Waals surface area contributed by atoms with Crippen LogP contribution in [0.25, 0.3) is 0 Å². The summed E-state index contributed by atoms with van der Waals surface area (Å²) in [4.78, 5) is 13.6. The van der Waals surface area contributed by atoms with Crippen molar-refractivity contribution in [3.05, 3.63) is 34.3 Å². The summed E-state index contributed by atoms with van der Waals surface area (Å²) in [7, 11) is 0. The van der Waals surface area contributed by atoms with E-state index in [0.717, 1.165) is 11.0 Å². The van der Waals surface area contributed by atoms with Gasteiger partial charge in [-0.25, -0.2) is 0 Å². The van der Waals surface area contributed by atoms with Gasteiger partial charge in [-0.3, -0.25) is 4.79 Å². The number of rotatable bonds is 2. The second-order valence-electron chi connectivity index (χ2n) is 4.83. The zero-order valence-electron chi connectivity index (χ0n) is 9.84. The molecule has 0 bridgehead atoms. The normalized spacial score (nSPS) is 30.9. The summed E-state index contributed by atoms with van der Waals surface area (Å²) in [5.41, 5.74) is 1.19. The molecule has 1 aromatic rings. The Kier molecular flexibility index (Phi) is 3.13. The lowest BCUT2D eigenvalue weighted by molar-refractivity contribution is -0.153. The third-order valence-corrected chi connectivity index (χ3v) is 4.43. The van der Waals surface area contributed by atoms with Crippen molar-refractivity contribution in [2.75, 3.05) is 19.7 Å². The van der Waals surface area contributed by atoms with Crippen LogP contribution < -0.4 is 5.32 Å². The lowest BCUT2D eigenvalue weighted by atomic mass is 9.74. The van der Waals surface area contributed by atoms with Crippen LogP contribution in [0, 0.1) is 0 Å². The van der Waals surface area contributed by atoms with Crippen LogP contribution in [0.15, 0.2) is 28.7 Å². The topological polar surface area (TPSA) is 52.6 Å². The highest BCUT2D eigenvalue weighted by molar-refractivity contribution is 9.10. The zero-order valence-corrected chi connectivity index (χ0v) is 11.4. The molecule has 5 heteroatoms. The minimum atomic E-state index is -0.0641. The van der Waals surface area contributed by atoms with Gasteiger partial charge in [-0.2, -0.15) is 0 Å². The molecule has 0 aliphatic carbocycles. The van der Waals surface area contributed by atoms with Gasteiger partial charge >= 0.3 is 0 Å². The minimum Gasteiger partial charge on any atom is -0.394 e. The summed E-state index contributed by atoms with van der Waals surface area (Å²) in [6, 6.07) is 8.26. The van der Waals surface area contributed by atoms with Crippen LogP contribution in [0.4, 0.5) is 0 Å². The first kappa shape index (κ1) is 12.1. The average Bonchev–Trinajstić information content (AvgIpc) is 2.34. The van der Waals surface area contributed by atoms with Crippen molar-refractivity contribution in [2.24, 2.45) is 0 Å². The van der Waals surface area contributed by atoms with Crippen molar-refractivity contribution >= 4 is 21.8 Å². The van der Waals surface area contributed by atoms with Crippen molar-refractivity contribution < 1.29 is 9.90 Å². The Morgan fingerprint density at radius 1 is 1.39 bits per heavy atom. The van der Waals surface area contributed by atoms with Crippen LogP contribution in [0.1, 0.15) is 11.5 Å². The maximum absolute atomic E-state index is 11.8. The monoisotopic (exact) mass is 310 g/mol. The van der Waals surface area contributed by atoms with E-state index in [1.54, 1.807) is 0 Å². The standard InChI is InChI=1S/C13H15BrN2O2/c14-9-3-1-8(2-4-9)13-10-5-15-6-12(18)16(10)11(13)7-17/h1-4,10-11,13,15,17H,5-7H2/t10-,11-,13+/m0/s1. The number of fused-ring (bicyclic) bond motifs is 1. The molecule has 4 nitrogen and oxygen atoms in total. The summed E-state index contributed by atoms with van der Waals surface area (Å²) in [5, 5.41) is 12.6. The first-order chi connectivity index (χ1) is 8.72. The Bertz CT molecular complexity index is 457. The van der Waals surface area contributed by atoms with E-state index in [1.807, 2.05) is 17.0 Å². The molecule has 96 valence electrons. The highest BCUT2D eigenvalue weighted by Gasteiger charge is 2.52. The number of piperazine rings is 1. The van der Waals surface area contributed by atoms with Crippen molar-refractivity contribution in [3.63, 3.8) is 0 Å². The number of benzene rings is 1. The molecule has 2 fully saturated rings. The van der Waals surface area contributed by atoms with Crippen LogP contribution in [-0.2, 0) is 4.79 Å². The Hall–Kier alpha value is -0.910. The first-order valence-electron chi connectivity index (χ1n) is 6.10. The van der Waals surface area contributed by atoms with E-state index in [9.17, 15) is 9.90 Å². The third kappa shape index (κ3) is 1.77. The molecule has 1 amide bonds. The number of carbonyl (C=O) groups excluding carboxylic acids is 1.